The van der Waals surface area contributed by atoms with Crippen LogP contribution in [-0.4, -0.2) is 130 Å². The van der Waals surface area contributed by atoms with E-state index in [1.165, 1.54) is 4.90 Å². The Labute approximate surface area is 438 Å². The molecule has 4 atom stereocenters. The number of aromatic nitrogens is 2. The Bertz CT molecular complexity index is 2690. The number of likely N-dealkylation sites (tertiary alicyclic amines) is 1. The highest BCUT2D eigenvalue weighted by molar-refractivity contribution is 7.13. The highest BCUT2D eigenvalue weighted by Gasteiger charge is 2.64. The summed E-state index contributed by atoms with van der Waals surface area (Å²) in [6.07, 6.45) is 2.20. The molecule has 5 heterocycles. The first-order valence-corrected chi connectivity index (χ1v) is 26.6. The molecule has 4 amide bonds. The van der Waals surface area contributed by atoms with E-state index in [9.17, 15) is 29.5 Å². The summed E-state index contributed by atoms with van der Waals surface area (Å²) in [6, 6.07) is 16.5. The molecular weight excluding hydrogens is 966 g/mol. The number of anilines is 1. The third kappa shape index (κ3) is 11.2. The van der Waals surface area contributed by atoms with E-state index in [1.54, 1.807) is 35.7 Å². The number of benzene rings is 2. The van der Waals surface area contributed by atoms with Crippen molar-refractivity contribution in [2.24, 2.45) is 16.2 Å². The van der Waals surface area contributed by atoms with Gasteiger partial charge in [0.15, 0.2) is 0 Å². The Morgan fingerprint density at radius 2 is 1.68 bits per heavy atom. The van der Waals surface area contributed by atoms with Crippen LogP contribution >= 0.6 is 22.9 Å². The second-order valence-corrected chi connectivity index (χ2v) is 23.9. The molecule has 0 spiro atoms. The van der Waals surface area contributed by atoms with Crippen molar-refractivity contribution in [3.63, 3.8) is 0 Å². The molecule has 4 fully saturated rings. The van der Waals surface area contributed by atoms with E-state index < -0.39 is 40.3 Å². The van der Waals surface area contributed by atoms with E-state index in [2.05, 4.69) is 64.5 Å². The Kier molecular flexibility index (Phi) is 15.7. The van der Waals surface area contributed by atoms with Gasteiger partial charge in [-0.2, -0.15) is 5.26 Å². The molecule has 4 N–H and O–H groups in total. The van der Waals surface area contributed by atoms with Crippen LogP contribution in [0.15, 0.2) is 66.3 Å². The Morgan fingerprint density at radius 3 is 2.26 bits per heavy atom. The van der Waals surface area contributed by atoms with Crippen LogP contribution < -0.4 is 25.6 Å². The number of carbonyl (C=O) groups is 4. The maximum Gasteiger partial charge on any atom is 0.253 e. The summed E-state index contributed by atoms with van der Waals surface area (Å²) in [4.78, 5) is 71.6. The molecule has 1 aliphatic carbocycles. The van der Waals surface area contributed by atoms with Crippen LogP contribution in [0.3, 0.4) is 0 Å². The molecule has 0 bridgehead atoms. The Hall–Kier alpha value is -5.64. The normalized spacial score (nSPS) is 23.0. The number of amides is 4. The first-order valence-electron chi connectivity index (χ1n) is 25.3. The number of halogens is 1. The predicted molar refractivity (Wildman–Crippen MR) is 281 cm³/mol. The molecule has 3 aliphatic heterocycles. The van der Waals surface area contributed by atoms with Crippen LogP contribution in [0.4, 0.5) is 5.82 Å². The maximum atomic E-state index is 14.3. The molecule has 3 saturated heterocycles. The molecule has 18 heteroatoms. The summed E-state index contributed by atoms with van der Waals surface area (Å²) in [5.74, 6) is 0.177. The van der Waals surface area contributed by atoms with Crippen LogP contribution in [0.5, 0.6) is 5.75 Å². The number of nitriles is 1. The van der Waals surface area contributed by atoms with Crippen molar-refractivity contribution in [2.75, 3.05) is 50.8 Å². The lowest BCUT2D eigenvalue weighted by Gasteiger charge is -2.63. The van der Waals surface area contributed by atoms with Crippen molar-refractivity contribution >= 4 is 52.4 Å². The van der Waals surface area contributed by atoms with Crippen LogP contribution in [-0.2, 0) is 19.1 Å². The summed E-state index contributed by atoms with van der Waals surface area (Å²) in [6.45, 7) is 22.0. The first kappa shape index (κ1) is 53.6. The number of rotatable bonds is 16. The minimum atomic E-state index is -0.912. The molecule has 2 aromatic heterocycles. The third-order valence-electron chi connectivity index (χ3n) is 15.6. The standard InChI is InChI=1S/C55H70ClN9O7S/c1-33(35-12-14-36(15-13-35)45-34(2)59-32-73-45)60-48(69)42-25-39(66)29-65(42)49(70)46(52(3,4)5)61-44(67)11-10-20-55(30-71-31-55)64-23-21-63(22-24-64)43-19-17-38(28-58-43)47(68)62-50-53(6,7)51(54(50,8)9)72-40-18-16-37(27-57)41(56)26-40/h12-19,26,28,32-33,39,42,46,50-51,66H,10-11,20-25,29-31H2,1-9H3,(H,60,69)(H,61,67)(H,62,68)/t33-,39+,42-,46+,50?,51?/m0/s1. The topological polar surface area (TPSA) is 202 Å². The van der Waals surface area contributed by atoms with Crippen molar-refractivity contribution < 1.29 is 33.8 Å². The van der Waals surface area contributed by atoms with E-state index in [0.717, 1.165) is 60.1 Å². The number of carbonyl (C=O) groups excluding carboxylic acids is 4. The Morgan fingerprint density at radius 1 is 0.986 bits per heavy atom. The number of aliphatic hydroxyl groups is 1. The van der Waals surface area contributed by atoms with Crippen LogP contribution in [0.25, 0.3) is 10.4 Å². The summed E-state index contributed by atoms with van der Waals surface area (Å²) >= 11 is 7.85. The molecule has 73 heavy (non-hydrogen) atoms. The van der Waals surface area contributed by atoms with Gasteiger partial charge in [0, 0.05) is 74.7 Å². The number of aryl methyl sites for hydroxylation is 1. The molecule has 4 aliphatic rings. The largest absolute Gasteiger partial charge is 0.489 e. The minimum absolute atomic E-state index is 0.000889. The zero-order valence-electron chi connectivity index (χ0n) is 43.5. The number of ether oxygens (including phenoxy) is 2. The van der Waals surface area contributed by atoms with Crippen LogP contribution in [0, 0.1) is 34.5 Å². The number of thiazole rings is 1. The number of piperazine rings is 1. The van der Waals surface area contributed by atoms with Crippen LogP contribution in [0.2, 0.25) is 5.02 Å². The number of nitrogens with zero attached hydrogens (tertiary/aromatic N) is 6. The number of nitrogens with one attached hydrogen (secondary N) is 3. The van der Waals surface area contributed by atoms with Crippen molar-refractivity contribution in [3.8, 4) is 22.3 Å². The smallest absolute Gasteiger partial charge is 0.253 e. The van der Waals surface area contributed by atoms with E-state index in [0.29, 0.717) is 41.5 Å². The van der Waals surface area contributed by atoms with Gasteiger partial charge in [0.1, 0.15) is 35.8 Å². The second kappa shape index (κ2) is 21.3. The molecule has 16 nitrogen and oxygen atoms in total. The fourth-order valence-corrected chi connectivity index (χ4v) is 12.6. The number of hydrogen-bond donors (Lipinski definition) is 4. The second-order valence-electron chi connectivity index (χ2n) is 22.6. The van der Waals surface area contributed by atoms with Gasteiger partial charge in [-0.3, -0.25) is 24.1 Å². The molecule has 0 radical (unpaired) electrons. The highest BCUT2D eigenvalue weighted by atomic mass is 35.5. The fourth-order valence-electron chi connectivity index (χ4n) is 11.6. The summed E-state index contributed by atoms with van der Waals surface area (Å²) in [7, 11) is 0. The van der Waals surface area contributed by atoms with Gasteiger partial charge in [-0.1, -0.05) is 84.3 Å². The molecule has 8 rings (SSSR count). The molecule has 1 saturated carbocycles. The highest BCUT2D eigenvalue weighted by Crippen LogP contribution is 2.55. The van der Waals surface area contributed by atoms with Gasteiger partial charge in [0.05, 0.1) is 63.1 Å². The molecule has 0 unspecified atom stereocenters. The number of pyridine rings is 1. The lowest BCUT2D eigenvalue weighted by molar-refractivity contribution is -0.164. The predicted octanol–water partition coefficient (Wildman–Crippen LogP) is 7.08. The van der Waals surface area contributed by atoms with Gasteiger partial charge >= 0.3 is 0 Å². The van der Waals surface area contributed by atoms with E-state index in [-0.39, 0.29) is 60.8 Å². The molecule has 4 aromatic rings. The van der Waals surface area contributed by atoms with Gasteiger partial charge in [0.2, 0.25) is 17.7 Å². The monoisotopic (exact) mass is 1040 g/mol. The molecule has 2 aromatic carbocycles. The van der Waals surface area contributed by atoms with Gasteiger partial charge in [-0.15, -0.1) is 11.3 Å². The number of aliphatic hydroxyl groups excluding tert-OH is 1. The fraction of sp³-hybridized carbons (Fsp3) is 0.545. The van der Waals surface area contributed by atoms with Crippen molar-refractivity contribution in [1.29, 1.82) is 5.26 Å². The van der Waals surface area contributed by atoms with Crippen molar-refractivity contribution in [1.82, 2.24) is 35.7 Å². The lowest BCUT2D eigenvalue weighted by Crippen LogP contribution is -2.74. The van der Waals surface area contributed by atoms with E-state index >= 15 is 0 Å². The molecular formula is C55H70ClN9O7S. The third-order valence-corrected chi connectivity index (χ3v) is 16.9. The quantitative estimate of drug-likeness (QED) is 0.0890. The first-order chi connectivity index (χ1) is 34.5. The van der Waals surface area contributed by atoms with Gasteiger partial charge < -0.3 is 40.3 Å². The molecule has 390 valence electrons. The minimum Gasteiger partial charge on any atom is -0.489 e. The van der Waals surface area contributed by atoms with Crippen LogP contribution in [0.1, 0.15) is 114 Å². The van der Waals surface area contributed by atoms with Crippen molar-refractivity contribution in [3.05, 3.63) is 93.7 Å². The van der Waals surface area contributed by atoms with E-state index in [4.69, 9.17) is 26.1 Å². The Balaban J connectivity index is 0.799. The van der Waals surface area contributed by atoms with E-state index in [1.807, 2.05) is 76.5 Å². The number of β-amino-alcohol motifs (C(OH)–C–C–N with tert-alkyl or cyclic N) is 1. The SMILES string of the molecule is Cc1ncsc1-c1ccc([C@H](C)NC(=O)[C@@H]2C[C@@H](O)CN2C(=O)[C@@H](NC(=O)CCCC2(N3CCN(c4ccc(C(=O)NC5C(C)(C)C(Oc6ccc(C#N)c(Cl)c6)C5(C)C)cn4)CC3)COC2)C(C)(C)C)cc1. The summed E-state index contributed by atoms with van der Waals surface area (Å²) in [5, 5.41) is 29.7. The summed E-state index contributed by atoms with van der Waals surface area (Å²) < 4.78 is 12.2. The maximum absolute atomic E-state index is 14.3. The summed E-state index contributed by atoms with van der Waals surface area (Å²) in [5.41, 5.74) is 3.93. The zero-order valence-corrected chi connectivity index (χ0v) is 45.0. The van der Waals surface area contributed by atoms with Gasteiger partial charge in [-0.05, 0) is 67.5 Å². The van der Waals surface area contributed by atoms with Crippen molar-refractivity contribution in [2.45, 2.75) is 130 Å². The van der Waals surface area contributed by atoms with Gasteiger partial charge in [-0.25, -0.2) is 9.97 Å². The average Bonchev–Trinajstić information content (AvgIpc) is 3.97. The number of hydrogen-bond acceptors (Lipinski definition) is 13. The lowest BCUT2D eigenvalue weighted by atomic mass is 9.49. The average molecular weight is 1040 g/mol. The zero-order chi connectivity index (χ0) is 52.6. The van der Waals surface area contributed by atoms with Gasteiger partial charge in [0.25, 0.3) is 5.91 Å².